The zero-order valence-electron chi connectivity index (χ0n) is 14.1. The van der Waals surface area contributed by atoms with Crippen molar-refractivity contribution in [2.24, 2.45) is 5.92 Å². The first-order chi connectivity index (χ1) is 9.40. The molecule has 0 aliphatic carbocycles. The van der Waals surface area contributed by atoms with Crippen molar-refractivity contribution in [2.45, 2.75) is 72.1 Å². The summed E-state index contributed by atoms with van der Waals surface area (Å²) < 4.78 is 0. The van der Waals surface area contributed by atoms with Crippen LogP contribution in [0.4, 0.5) is 0 Å². The molecule has 1 saturated heterocycles. The van der Waals surface area contributed by atoms with Gasteiger partial charge >= 0.3 is 0 Å². The number of hydrogen-bond acceptors (Lipinski definition) is 3. The van der Waals surface area contributed by atoms with Gasteiger partial charge in [-0.05, 0) is 39.2 Å². The third-order valence-electron chi connectivity index (χ3n) is 4.48. The van der Waals surface area contributed by atoms with Crippen LogP contribution in [-0.2, 0) is 4.79 Å². The van der Waals surface area contributed by atoms with Crippen LogP contribution in [0.15, 0.2) is 0 Å². The Kier molecular flexibility index (Phi) is 6.96. The van der Waals surface area contributed by atoms with Gasteiger partial charge in [0.05, 0.1) is 12.2 Å². The number of nitrogens with zero attached hydrogens (tertiary/aromatic N) is 2. The second kappa shape index (κ2) is 7.99. The van der Waals surface area contributed by atoms with E-state index >= 15 is 0 Å². The predicted molar refractivity (Wildman–Crippen MR) is 84.6 cm³/mol. The van der Waals surface area contributed by atoms with Gasteiger partial charge in [-0.25, -0.2) is 0 Å². The molecule has 3 unspecified atom stereocenters. The summed E-state index contributed by atoms with van der Waals surface area (Å²) in [5.74, 6) is 0.847. The van der Waals surface area contributed by atoms with E-state index in [1.54, 1.807) is 0 Å². The van der Waals surface area contributed by atoms with E-state index < -0.39 is 0 Å². The summed E-state index contributed by atoms with van der Waals surface area (Å²) in [6.07, 6.45) is 3.28. The second-order valence-electron chi connectivity index (χ2n) is 6.54. The van der Waals surface area contributed by atoms with E-state index in [9.17, 15) is 4.79 Å². The maximum Gasteiger partial charge on any atom is 0.241 e. The predicted octanol–water partition coefficient (Wildman–Crippen LogP) is 2.30. The number of likely N-dealkylation sites (N-methyl/N-ethyl adjacent to an activating group) is 1. The number of carbonyl (C=O) groups is 1. The molecule has 4 nitrogen and oxygen atoms in total. The molecular weight excluding hydrogens is 250 g/mol. The Labute approximate surface area is 124 Å². The molecule has 1 fully saturated rings. The molecule has 0 aromatic carbocycles. The van der Waals surface area contributed by atoms with E-state index in [0.717, 1.165) is 32.4 Å². The van der Waals surface area contributed by atoms with Crippen LogP contribution in [0.25, 0.3) is 0 Å². The first kappa shape index (κ1) is 17.4. The van der Waals surface area contributed by atoms with Crippen molar-refractivity contribution in [2.75, 3.05) is 20.1 Å². The summed E-state index contributed by atoms with van der Waals surface area (Å²) in [6.45, 7) is 12.7. The van der Waals surface area contributed by atoms with Gasteiger partial charge in [0.15, 0.2) is 0 Å². The molecular formula is C16H33N3O. The summed E-state index contributed by atoms with van der Waals surface area (Å²) >= 11 is 0. The highest BCUT2D eigenvalue weighted by molar-refractivity contribution is 5.84. The Bertz CT molecular complexity index is 306. The largest absolute Gasteiger partial charge is 0.325 e. The normalized spacial score (nSPS) is 25.0. The summed E-state index contributed by atoms with van der Waals surface area (Å²) in [6, 6.07) is 0.598. The SMILES string of the molecule is CCC(C)N(C)CCN1C(=O)C(CC(C)C)NC1CC. The molecule has 3 atom stereocenters. The molecule has 1 aliphatic rings. The van der Waals surface area contributed by atoms with Crippen molar-refractivity contribution in [3.05, 3.63) is 0 Å². The summed E-state index contributed by atoms with van der Waals surface area (Å²) in [7, 11) is 2.15. The molecule has 0 radical (unpaired) electrons. The summed E-state index contributed by atoms with van der Waals surface area (Å²) in [5.41, 5.74) is 0. The van der Waals surface area contributed by atoms with E-state index in [-0.39, 0.29) is 12.2 Å². The van der Waals surface area contributed by atoms with Crippen molar-refractivity contribution < 1.29 is 4.79 Å². The van der Waals surface area contributed by atoms with Crippen molar-refractivity contribution in [1.82, 2.24) is 15.1 Å². The quantitative estimate of drug-likeness (QED) is 0.742. The van der Waals surface area contributed by atoms with Gasteiger partial charge in [0.1, 0.15) is 0 Å². The fourth-order valence-corrected chi connectivity index (χ4v) is 2.79. The van der Waals surface area contributed by atoms with Gasteiger partial charge in [0.25, 0.3) is 0 Å². The topological polar surface area (TPSA) is 35.6 Å². The number of amides is 1. The van der Waals surface area contributed by atoms with Crippen molar-refractivity contribution in [1.29, 1.82) is 0 Å². The molecule has 4 heteroatoms. The van der Waals surface area contributed by atoms with Gasteiger partial charge in [0, 0.05) is 19.1 Å². The highest BCUT2D eigenvalue weighted by atomic mass is 16.2. The lowest BCUT2D eigenvalue weighted by Gasteiger charge is -2.28. The lowest BCUT2D eigenvalue weighted by Crippen LogP contribution is -2.43. The Hall–Kier alpha value is -0.610. The van der Waals surface area contributed by atoms with E-state index in [1.165, 1.54) is 0 Å². The smallest absolute Gasteiger partial charge is 0.241 e. The van der Waals surface area contributed by atoms with E-state index in [0.29, 0.717) is 17.9 Å². The van der Waals surface area contributed by atoms with Crippen LogP contribution in [0, 0.1) is 5.92 Å². The highest BCUT2D eigenvalue weighted by Gasteiger charge is 2.37. The summed E-state index contributed by atoms with van der Waals surface area (Å²) in [5, 5.41) is 3.50. The minimum atomic E-state index is 0.0221. The lowest BCUT2D eigenvalue weighted by molar-refractivity contribution is -0.130. The van der Waals surface area contributed by atoms with Gasteiger partial charge < -0.3 is 9.80 Å². The fraction of sp³-hybridized carbons (Fsp3) is 0.938. The molecule has 0 bridgehead atoms. The Morgan fingerprint density at radius 2 is 1.95 bits per heavy atom. The molecule has 20 heavy (non-hydrogen) atoms. The molecule has 118 valence electrons. The molecule has 0 saturated carbocycles. The van der Waals surface area contributed by atoms with Gasteiger partial charge in [-0.2, -0.15) is 0 Å². The number of hydrogen-bond donors (Lipinski definition) is 1. The molecule has 1 N–H and O–H groups in total. The number of rotatable bonds is 8. The molecule has 1 heterocycles. The lowest BCUT2D eigenvalue weighted by atomic mass is 10.0. The van der Waals surface area contributed by atoms with E-state index in [4.69, 9.17) is 0 Å². The van der Waals surface area contributed by atoms with Crippen molar-refractivity contribution in [3.8, 4) is 0 Å². The molecule has 0 aromatic heterocycles. The van der Waals surface area contributed by atoms with Gasteiger partial charge in [-0.3, -0.25) is 10.1 Å². The minimum Gasteiger partial charge on any atom is -0.325 e. The molecule has 0 aromatic rings. The third-order valence-corrected chi connectivity index (χ3v) is 4.48. The van der Waals surface area contributed by atoms with Crippen LogP contribution in [0.3, 0.4) is 0 Å². The summed E-state index contributed by atoms with van der Waals surface area (Å²) in [4.78, 5) is 16.9. The van der Waals surface area contributed by atoms with Crippen LogP contribution in [0.2, 0.25) is 0 Å². The van der Waals surface area contributed by atoms with Crippen LogP contribution in [0.5, 0.6) is 0 Å². The number of carbonyl (C=O) groups excluding carboxylic acids is 1. The van der Waals surface area contributed by atoms with Crippen molar-refractivity contribution in [3.63, 3.8) is 0 Å². The zero-order chi connectivity index (χ0) is 15.3. The first-order valence-electron chi connectivity index (χ1n) is 8.17. The third kappa shape index (κ3) is 4.45. The average molecular weight is 283 g/mol. The minimum absolute atomic E-state index is 0.0221. The molecule has 1 rings (SSSR count). The van der Waals surface area contributed by atoms with Gasteiger partial charge in [-0.15, -0.1) is 0 Å². The van der Waals surface area contributed by atoms with Crippen LogP contribution in [0.1, 0.15) is 53.9 Å². The first-order valence-corrected chi connectivity index (χ1v) is 8.17. The standard InChI is InChI=1S/C16H33N3O/c1-7-13(5)18(6)9-10-19-15(8-2)17-14(16(19)20)11-12(3)4/h12-15,17H,7-11H2,1-6H3. The monoisotopic (exact) mass is 283 g/mol. The Morgan fingerprint density at radius 3 is 2.45 bits per heavy atom. The second-order valence-corrected chi connectivity index (χ2v) is 6.54. The van der Waals surface area contributed by atoms with E-state index in [2.05, 4.69) is 51.9 Å². The fourth-order valence-electron chi connectivity index (χ4n) is 2.79. The Morgan fingerprint density at radius 1 is 1.30 bits per heavy atom. The molecule has 0 spiro atoms. The molecule has 1 amide bonds. The highest BCUT2D eigenvalue weighted by Crippen LogP contribution is 2.18. The van der Waals surface area contributed by atoms with Crippen LogP contribution in [-0.4, -0.2) is 54.1 Å². The zero-order valence-corrected chi connectivity index (χ0v) is 14.1. The van der Waals surface area contributed by atoms with Gasteiger partial charge in [-0.1, -0.05) is 27.7 Å². The number of nitrogens with one attached hydrogen (secondary N) is 1. The van der Waals surface area contributed by atoms with Crippen LogP contribution >= 0.6 is 0 Å². The Balaban J connectivity index is 2.56. The molecule has 1 aliphatic heterocycles. The van der Waals surface area contributed by atoms with Crippen LogP contribution < -0.4 is 5.32 Å². The maximum atomic E-state index is 12.5. The van der Waals surface area contributed by atoms with Gasteiger partial charge in [0.2, 0.25) is 5.91 Å². The average Bonchev–Trinajstić information content (AvgIpc) is 2.70. The van der Waals surface area contributed by atoms with Crippen molar-refractivity contribution >= 4 is 5.91 Å². The van der Waals surface area contributed by atoms with E-state index in [1.807, 2.05) is 4.90 Å². The maximum absolute atomic E-state index is 12.5.